The molecule has 192 valence electrons. The molecule has 2 fully saturated rings. The number of halogens is 3. The third-order valence-corrected chi connectivity index (χ3v) is 6.84. The van der Waals surface area contributed by atoms with Gasteiger partial charge in [-0.3, -0.25) is 19.4 Å². The molecule has 0 bridgehead atoms. The van der Waals surface area contributed by atoms with E-state index in [9.17, 15) is 22.8 Å². The van der Waals surface area contributed by atoms with Crippen LogP contribution in [0.5, 0.6) is 5.75 Å². The molecule has 0 unspecified atom stereocenters. The van der Waals surface area contributed by atoms with Crippen LogP contribution in [0, 0.1) is 0 Å². The summed E-state index contributed by atoms with van der Waals surface area (Å²) in [6.07, 6.45) is -4.77. The fourth-order valence-electron chi connectivity index (χ4n) is 5.16. The molecule has 5 rings (SSSR count). The molecule has 2 amide bonds. The van der Waals surface area contributed by atoms with E-state index >= 15 is 0 Å². The van der Waals surface area contributed by atoms with Crippen molar-refractivity contribution in [3.63, 3.8) is 0 Å². The lowest BCUT2D eigenvalue weighted by Crippen LogP contribution is -2.53. The van der Waals surface area contributed by atoms with E-state index in [1.807, 2.05) is 41.3 Å². The lowest BCUT2D eigenvalue weighted by atomic mass is 9.96. The van der Waals surface area contributed by atoms with E-state index in [1.54, 1.807) is 0 Å². The van der Waals surface area contributed by atoms with Crippen molar-refractivity contribution >= 4 is 17.5 Å². The SMILES string of the molecule is O=C1C[C@@H](N2CCN(C(c3ccccc3)c3ccccc3)CC2)C(=O)N1c1ccc(OC(F)(F)F)cc1. The Hall–Kier alpha value is -3.69. The number of rotatable bonds is 6. The minimum Gasteiger partial charge on any atom is -0.406 e. The van der Waals surface area contributed by atoms with Gasteiger partial charge in [0.2, 0.25) is 5.91 Å². The zero-order valence-corrected chi connectivity index (χ0v) is 20.0. The Kier molecular flexibility index (Phi) is 6.99. The first-order chi connectivity index (χ1) is 17.8. The second kappa shape index (κ2) is 10.4. The van der Waals surface area contributed by atoms with Gasteiger partial charge in [-0.15, -0.1) is 13.2 Å². The molecule has 2 aliphatic rings. The largest absolute Gasteiger partial charge is 0.573 e. The topological polar surface area (TPSA) is 53.1 Å². The Morgan fingerprint density at radius 2 is 1.30 bits per heavy atom. The fourth-order valence-corrected chi connectivity index (χ4v) is 5.16. The van der Waals surface area contributed by atoms with E-state index in [2.05, 4.69) is 33.9 Å². The van der Waals surface area contributed by atoms with Gasteiger partial charge in [0.25, 0.3) is 5.91 Å². The quantitative estimate of drug-likeness (QED) is 0.454. The number of hydrogen-bond donors (Lipinski definition) is 0. The average Bonchev–Trinajstić information content (AvgIpc) is 3.19. The van der Waals surface area contributed by atoms with Gasteiger partial charge < -0.3 is 4.74 Å². The molecule has 0 aromatic heterocycles. The predicted molar refractivity (Wildman–Crippen MR) is 132 cm³/mol. The van der Waals surface area contributed by atoms with E-state index in [4.69, 9.17) is 0 Å². The molecule has 1 atom stereocenters. The first kappa shape index (κ1) is 25.0. The summed E-state index contributed by atoms with van der Waals surface area (Å²) in [6.45, 7) is 2.67. The van der Waals surface area contributed by atoms with Gasteiger partial charge in [0, 0.05) is 26.2 Å². The number of ether oxygens (including phenoxy) is 1. The van der Waals surface area contributed by atoms with E-state index in [-0.39, 0.29) is 30.0 Å². The molecule has 6 nitrogen and oxygen atoms in total. The maximum Gasteiger partial charge on any atom is 0.573 e. The van der Waals surface area contributed by atoms with Crippen LogP contribution in [0.25, 0.3) is 0 Å². The lowest BCUT2D eigenvalue weighted by Gasteiger charge is -2.41. The van der Waals surface area contributed by atoms with Gasteiger partial charge in [-0.05, 0) is 35.4 Å². The Morgan fingerprint density at radius 3 is 1.81 bits per heavy atom. The molecule has 2 saturated heterocycles. The first-order valence-corrected chi connectivity index (χ1v) is 12.1. The van der Waals surface area contributed by atoms with Crippen molar-refractivity contribution in [1.82, 2.24) is 9.80 Å². The van der Waals surface area contributed by atoms with Crippen LogP contribution in [0.15, 0.2) is 84.9 Å². The van der Waals surface area contributed by atoms with Crippen LogP contribution in [0.3, 0.4) is 0 Å². The average molecular weight is 510 g/mol. The minimum atomic E-state index is -4.81. The van der Waals surface area contributed by atoms with Crippen molar-refractivity contribution in [3.05, 3.63) is 96.1 Å². The van der Waals surface area contributed by atoms with Gasteiger partial charge in [-0.1, -0.05) is 60.7 Å². The van der Waals surface area contributed by atoms with Crippen molar-refractivity contribution < 1.29 is 27.5 Å². The van der Waals surface area contributed by atoms with E-state index in [0.29, 0.717) is 13.1 Å². The van der Waals surface area contributed by atoms with E-state index < -0.39 is 18.2 Å². The zero-order chi connectivity index (χ0) is 26.0. The number of carbonyl (C=O) groups excluding carboxylic acids is 2. The van der Waals surface area contributed by atoms with Crippen LogP contribution in [0.4, 0.5) is 18.9 Å². The molecule has 0 spiro atoms. The first-order valence-electron chi connectivity index (χ1n) is 12.1. The van der Waals surface area contributed by atoms with Crippen molar-refractivity contribution in [2.45, 2.75) is 24.9 Å². The van der Waals surface area contributed by atoms with Gasteiger partial charge in [0.1, 0.15) is 5.75 Å². The molecule has 0 radical (unpaired) electrons. The monoisotopic (exact) mass is 509 g/mol. The summed E-state index contributed by atoms with van der Waals surface area (Å²) in [4.78, 5) is 31.5. The summed E-state index contributed by atoms with van der Waals surface area (Å²) in [6, 6.07) is 24.9. The number of imide groups is 1. The molecule has 0 aliphatic carbocycles. The van der Waals surface area contributed by atoms with Crippen molar-refractivity contribution in [2.24, 2.45) is 0 Å². The van der Waals surface area contributed by atoms with Crippen LogP contribution < -0.4 is 9.64 Å². The number of anilines is 1. The number of benzene rings is 3. The van der Waals surface area contributed by atoms with Crippen LogP contribution in [-0.2, 0) is 9.59 Å². The highest BCUT2D eigenvalue weighted by atomic mass is 19.4. The lowest BCUT2D eigenvalue weighted by molar-refractivity contribution is -0.274. The maximum atomic E-state index is 13.2. The fraction of sp³-hybridized carbons (Fsp3) is 0.286. The standard InChI is InChI=1S/C28H26F3N3O3/c29-28(30,31)37-23-13-11-22(12-14-23)34-25(35)19-24(27(34)36)32-15-17-33(18-16-32)26(20-7-3-1-4-8-20)21-9-5-2-6-10-21/h1-14,24,26H,15-19H2/t24-/m1/s1. The zero-order valence-electron chi connectivity index (χ0n) is 20.0. The Morgan fingerprint density at radius 1 is 0.757 bits per heavy atom. The summed E-state index contributed by atoms with van der Waals surface area (Å²) in [5.74, 6) is -1.13. The van der Waals surface area contributed by atoms with Crippen LogP contribution >= 0.6 is 0 Å². The summed E-state index contributed by atoms with van der Waals surface area (Å²) < 4.78 is 41.2. The number of amides is 2. The molecule has 2 heterocycles. The molecule has 9 heteroatoms. The van der Waals surface area contributed by atoms with Gasteiger partial charge in [0.15, 0.2) is 0 Å². The minimum absolute atomic E-state index is 0.0421. The Balaban J connectivity index is 1.27. The third-order valence-electron chi connectivity index (χ3n) is 6.84. The molecule has 0 saturated carbocycles. The van der Waals surface area contributed by atoms with Gasteiger partial charge in [-0.2, -0.15) is 0 Å². The molecular formula is C28H26F3N3O3. The summed E-state index contributed by atoms with van der Waals surface area (Å²) in [5, 5.41) is 0. The molecule has 0 N–H and O–H groups in total. The van der Waals surface area contributed by atoms with E-state index in [0.717, 1.165) is 30.1 Å². The summed E-state index contributed by atoms with van der Waals surface area (Å²) in [5.41, 5.74) is 2.62. The van der Waals surface area contributed by atoms with Crippen LogP contribution in [0.2, 0.25) is 0 Å². The predicted octanol–water partition coefficient (Wildman–Crippen LogP) is 4.62. The molecule has 37 heavy (non-hydrogen) atoms. The van der Waals surface area contributed by atoms with Crippen molar-refractivity contribution in [1.29, 1.82) is 0 Å². The van der Waals surface area contributed by atoms with Crippen molar-refractivity contribution in [2.75, 3.05) is 31.1 Å². The van der Waals surface area contributed by atoms with Gasteiger partial charge >= 0.3 is 6.36 Å². The van der Waals surface area contributed by atoms with Crippen LogP contribution in [0.1, 0.15) is 23.6 Å². The maximum absolute atomic E-state index is 13.2. The molecular weight excluding hydrogens is 483 g/mol. The Labute approximate surface area is 212 Å². The van der Waals surface area contributed by atoms with E-state index in [1.165, 1.54) is 23.3 Å². The second-order valence-corrected chi connectivity index (χ2v) is 9.12. The number of nitrogens with zero attached hydrogens (tertiary/aromatic N) is 3. The molecule has 3 aromatic rings. The van der Waals surface area contributed by atoms with Gasteiger partial charge in [-0.25, -0.2) is 4.90 Å². The third kappa shape index (κ3) is 5.52. The summed E-state index contributed by atoms with van der Waals surface area (Å²) in [7, 11) is 0. The number of hydrogen-bond acceptors (Lipinski definition) is 5. The van der Waals surface area contributed by atoms with Crippen molar-refractivity contribution in [3.8, 4) is 5.75 Å². The molecule has 3 aromatic carbocycles. The Bertz CT molecular complexity index is 1190. The number of carbonyl (C=O) groups is 2. The number of piperazine rings is 1. The highest BCUT2D eigenvalue weighted by molar-refractivity contribution is 6.22. The molecule has 2 aliphatic heterocycles. The normalized spacial score (nSPS) is 19.6. The van der Waals surface area contributed by atoms with Gasteiger partial charge in [0.05, 0.1) is 24.2 Å². The smallest absolute Gasteiger partial charge is 0.406 e. The summed E-state index contributed by atoms with van der Waals surface area (Å²) >= 11 is 0. The highest BCUT2D eigenvalue weighted by Crippen LogP contribution is 2.32. The number of alkyl halides is 3. The highest BCUT2D eigenvalue weighted by Gasteiger charge is 2.44. The van der Waals surface area contributed by atoms with Crippen LogP contribution in [-0.4, -0.2) is 60.2 Å². The second-order valence-electron chi connectivity index (χ2n) is 9.12.